The third-order valence-corrected chi connectivity index (χ3v) is 3.73. The maximum Gasteiger partial charge on any atom is 0.175 e. The molecule has 0 spiro atoms. The number of carbonyl (C=O) groups excluding carboxylic acids is 1. The molecule has 0 aliphatic heterocycles. The van der Waals surface area contributed by atoms with E-state index in [4.69, 9.17) is 4.52 Å². The molecule has 3 aromatic rings. The van der Waals surface area contributed by atoms with Gasteiger partial charge in [-0.05, 0) is 13.0 Å². The number of aromatic nitrogens is 2. The zero-order valence-electron chi connectivity index (χ0n) is 11.0. The highest BCUT2D eigenvalue weighted by atomic mass is 79.9. The van der Waals surface area contributed by atoms with Gasteiger partial charge in [0.2, 0.25) is 0 Å². The molecule has 0 saturated heterocycles. The number of benzene rings is 1. The topological polar surface area (TPSA) is 48.0 Å². The van der Waals surface area contributed by atoms with Gasteiger partial charge in [-0.2, -0.15) is 0 Å². The van der Waals surface area contributed by atoms with Crippen LogP contribution in [0.1, 0.15) is 21.8 Å². The van der Waals surface area contributed by atoms with Crippen molar-refractivity contribution in [3.63, 3.8) is 0 Å². The maximum atomic E-state index is 12.0. The Morgan fingerprint density at radius 3 is 2.90 bits per heavy atom. The number of ketones is 1. The highest BCUT2D eigenvalue weighted by molar-refractivity contribution is 9.09. The van der Waals surface area contributed by atoms with Crippen LogP contribution in [0.15, 0.2) is 41.1 Å². The molecule has 102 valence electrons. The summed E-state index contributed by atoms with van der Waals surface area (Å²) in [5.74, 6) is 0.865. The molecule has 0 radical (unpaired) electrons. The Hall–Kier alpha value is -1.88. The summed E-state index contributed by atoms with van der Waals surface area (Å²) in [5.41, 5.74) is 2.61. The SMILES string of the molecule is Cc1cc(Cn2cc(C(=O)CBr)c3ccccc32)no1. The van der Waals surface area contributed by atoms with Crippen LogP contribution < -0.4 is 0 Å². The summed E-state index contributed by atoms with van der Waals surface area (Å²) >= 11 is 3.23. The van der Waals surface area contributed by atoms with Crippen molar-refractivity contribution in [2.24, 2.45) is 0 Å². The monoisotopic (exact) mass is 332 g/mol. The fourth-order valence-corrected chi connectivity index (χ4v) is 2.64. The number of carbonyl (C=O) groups is 1. The van der Waals surface area contributed by atoms with E-state index >= 15 is 0 Å². The Kier molecular flexibility index (Phi) is 3.44. The molecule has 2 heterocycles. The minimum Gasteiger partial charge on any atom is -0.361 e. The lowest BCUT2D eigenvalue weighted by Crippen LogP contribution is -2.00. The zero-order chi connectivity index (χ0) is 14.1. The second-order valence-corrected chi connectivity index (χ2v) is 5.23. The normalized spacial score (nSPS) is 11.1. The fourth-order valence-electron chi connectivity index (χ4n) is 2.34. The van der Waals surface area contributed by atoms with Gasteiger partial charge in [0.1, 0.15) is 11.5 Å². The first kappa shape index (κ1) is 13.1. The molecule has 0 amide bonds. The lowest BCUT2D eigenvalue weighted by atomic mass is 10.1. The van der Waals surface area contributed by atoms with E-state index in [-0.39, 0.29) is 5.78 Å². The Morgan fingerprint density at radius 1 is 1.40 bits per heavy atom. The molecule has 0 aliphatic rings. The second kappa shape index (κ2) is 5.25. The first-order valence-corrected chi connectivity index (χ1v) is 7.40. The number of Topliss-reactive ketones (excluding diaryl/α,β-unsaturated/α-hetero) is 1. The van der Waals surface area contributed by atoms with Crippen LogP contribution in [0.4, 0.5) is 0 Å². The van der Waals surface area contributed by atoms with Crippen LogP contribution in [0.25, 0.3) is 10.9 Å². The first-order valence-electron chi connectivity index (χ1n) is 6.28. The smallest absolute Gasteiger partial charge is 0.175 e. The molecule has 0 fully saturated rings. The number of alkyl halides is 1. The van der Waals surface area contributed by atoms with Gasteiger partial charge in [0, 0.05) is 28.7 Å². The standard InChI is InChI=1S/C15H13BrN2O2/c1-10-6-11(17-20-10)8-18-9-13(15(19)7-16)12-4-2-3-5-14(12)18/h2-6,9H,7-8H2,1H3. The van der Waals surface area contributed by atoms with Gasteiger partial charge in [0.25, 0.3) is 0 Å². The molecule has 0 bridgehead atoms. The molecule has 0 N–H and O–H groups in total. The fraction of sp³-hybridized carbons (Fsp3) is 0.200. The molecule has 3 rings (SSSR count). The van der Waals surface area contributed by atoms with E-state index in [1.807, 2.05) is 48.0 Å². The molecule has 5 heteroatoms. The largest absolute Gasteiger partial charge is 0.361 e. The van der Waals surface area contributed by atoms with E-state index in [2.05, 4.69) is 21.1 Å². The van der Waals surface area contributed by atoms with Crippen molar-refractivity contribution in [2.75, 3.05) is 5.33 Å². The minimum absolute atomic E-state index is 0.0799. The third-order valence-electron chi connectivity index (χ3n) is 3.22. The number of rotatable bonds is 4. The third kappa shape index (κ3) is 2.29. The molecule has 2 aromatic heterocycles. The van der Waals surface area contributed by atoms with Crippen molar-refractivity contribution < 1.29 is 9.32 Å². The number of hydrogen-bond donors (Lipinski definition) is 0. The van der Waals surface area contributed by atoms with Gasteiger partial charge in [0.05, 0.1) is 11.9 Å². The van der Waals surface area contributed by atoms with Gasteiger partial charge in [-0.15, -0.1) is 0 Å². The predicted molar refractivity (Wildman–Crippen MR) is 80.4 cm³/mol. The van der Waals surface area contributed by atoms with Crippen molar-refractivity contribution in [3.05, 3.63) is 53.5 Å². The van der Waals surface area contributed by atoms with E-state index < -0.39 is 0 Å². The van der Waals surface area contributed by atoms with Crippen molar-refractivity contribution in [1.82, 2.24) is 9.72 Å². The number of nitrogens with zero attached hydrogens (tertiary/aromatic N) is 2. The quantitative estimate of drug-likeness (QED) is 0.542. The summed E-state index contributed by atoms with van der Waals surface area (Å²) in [6, 6.07) is 9.79. The van der Waals surface area contributed by atoms with Gasteiger partial charge in [-0.3, -0.25) is 4.79 Å². The molecular weight excluding hydrogens is 320 g/mol. The van der Waals surface area contributed by atoms with E-state index in [1.54, 1.807) is 0 Å². The van der Waals surface area contributed by atoms with Crippen molar-refractivity contribution in [3.8, 4) is 0 Å². The maximum absolute atomic E-state index is 12.0. The Morgan fingerprint density at radius 2 is 2.20 bits per heavy atom. The average molecular weight is 333 g/mol. The van der Waals surface area contributed by atoms with Gasteiger partial charge in [-0.25, -0.2) is 0 Å². The number of hydrogen-bond acceptors (Lipinski definition) is 3. The van der Waals surface area contributed by atoms with Gasteiger partial charge < -0.3 is 9.09 Å². The van der Waals surface area contributed by atoms with Crippen LogP contribution in [-0.2, 0) is 6.54 Å². The molecule has 0 aliphatic carbocycles. The molecular formula is C15H13BrN2O2. The summed E-state index contributed by atoms with van der Waals surface area (Å²) < 4.78 is 7.12. The van der Waals surface area contributed by atoms with Gasteiger partial charge >= 0.3 is 0 Å². The van der Waals surface area contributed by atoms with Crippen LogP contribution >= 0.6 is 15.9 Å². The highest BCUT2D eigenvalue weighted by Crippen LogP contribution is 2.23. The van der Waals surface area contributed by atoms with Crippen LogP contribution in [0.5, 0.6) is 0 Å². The molecule has 4 nitrogen and oxygen atoms in total. The first-order chi connectivity index (χ1) is 9.69. The zero-order valence-corrected chi connectivity index (χ0v) is 12.6. The van der Waals surface area contributed by atoms with Crippen LogP contribution in [0.3, 0.4) is 0 Å². The van der Waals surface area contributed by atoms with Crippen LogP contribution in [-0.4, -0.2) is 20.8 Å². The minimum atomic E-state index is 0.0799. The molecule has 0 atom stereocenters. The Bertz CT molecular complexity index is 773. The molecule has 1 aromatic carbocycles. The van der Waals surface area contributed by atoms with Crippen molar-refractivity contribution >= 4 is 32.6 Å². The van der Waals surface area contributed by atoms with E-state index in [9.17, 15) is 4.79 Å². The van der Waals surface area contributed by atoms with Gasteiger partial charge in [-0.1, -0.05) is 39.3 Å². The summed E-state index contributed by atoms with van der Waals surface area (Å²) in [6.07, 6.45) is 1.89. The van der Waals surface area contributed by atoms with Crippen molar-refractivity contribution in [2.45, 2.75) is 13.5 Å². The molecule has 0 unspecified atom stereocenters. The molecule has 20 heavy (non-hydrogen) atoms. The average Bonchev–Trinajstić information content (AvgIpc) is 3.03. The summed E-state index contributed by atoms with van der Waals surface area (Å²) in [7, 11) is 0. The lowest BCUT2D eigenvalue weighted by molar-refractivity contribution is 0.102. The van der Waals surface area contributed by atoms with E-state index in [1.165, 1.54) is 0 Å². The Labute approximate surface area is 124 Å². The van der Waals surface area contributed by atoms with E-state index in [0.29, 0.717) is 11.9 Å². The summed E-state index contributed by atoms with van der Waals surface area (Å²) in [5, 5.41) is 5.30. The predicted octanol–water partition coefficient (Wildman–Crippen LogP) is 3.56. The van der Waals surface area contributed by atoms with Crippen LogP contribution in [0, 0.1) is 6.92 Å². The number of fused-ring (bicyclic) bond motifs is 1. The van der Waals surface area contributed by atoms with Crippen LogP contribution in [0.2, 0.25) is 0 Å². The Balaban J connectivity index is 2.09. The number of para-hydroxylation sites is 1. The summed E-state index contributed by atoms with van der Waals surface area (Å²) in [4.78, 5) is 12.0. The van der Waals surface area contributed by atoms with E-state index in [0.717, 1.165) is 27.9 Å². The number of aryl methyl sites for hydroxylation is 1. The highest BCUT2D eigenvalue weighted by Gasteiger charge is 2.14. The summed E-state index contributed by atoms with van der Waals surface area (Å²) in [6.45, 7) is 2.46. The molecule has 0 saturated carbocycles. The lowest BCUT2D eigenvalue weighted by Gasteiger charge is -2.01. The van der Waals surface area contributed by atoms with Gasteiger partial charge in [0.15, 0.2) is 5.78 Å². The number of halogens is 1. The van der Waals surface area contributed by atoms with Crippen molar-refractivity contribution in [1.29, 1.82) is 0 Å². The second-order valence-electron chi connectivity index (χ2n) is 4.67.